The van der Waals surface area contributed by atoms with Crippen molar-refractivity contribution < 1.29 is 4.79 Å². The Morgan fingerprint density at radius 2 is 2.54 bits per heavy atom. The van der Waals surface area contributed by atoms with Crippen molar-refractivity contribution in [1.82, 2.24) is 15.3 Å². The van der Waals surface area contributed by atoms with Crippen LogP contribution in [0, 0.1) is 0 Å². The molecule has 1 aromatic rings. The molecule has 1 heterocycles. The van der Waals surface area contributed by atoms with Crippen molar-refractivity contribution in [1.29, 1.82) is 0 Å². The molecule has 1 aromatic heterocycles. The van der Waals surface area contributed by atoms with E-state index in [0.717, 1.165) is 5.69 Å². The molecule has 0 radical (unpaired) electrons. The van der Waals surface area contributed by atoms with Gasteiger partial charge in [0.25, 0.3) is 0 Å². The predicted molar refractivity (Wildman–Crippen MR) is 47.5 cm³/mol. The van der Waals surface area contributed by atoms with Gasteiger partial charge < -0.3 is 11.1 Å². The number of primary amides is 1. The minimum atomic E-state index is -0.367. The second-order valence-electron chi connectivity index (χ2n) is 2.71. The van der Waals surface area contributed by atoms with E-state index in [1.54, 1.807) is 19.2 Å². The van der Waals surface area contributed by atoms with Gasteiger partial charge in [0.05, 0.1) is 11.7 Å². The average Bonchev–Trinajstić information content (AvgIpc) is 2.15. The second kappa shape index (κ2) is 4.51. The highest BCUT2D eigenvalue weighted by Gasteiger charge is 2.06. The molecule has 1 atom stereocenters. The molecular formula is C8H12N4O. The number of carbonyl (C=O) groups excluding carboxylic acids is 1. The van der Waals surface area contributed by atoms with Crippen LogP contribution in [0.25, 0.3) is 0 Å². The SMILES string of the molecule is CC(NCc1ccncn1)C(N)=O. The van der Waals surface area contributed by atoms with Gasteiger partial charge in [-0.1, -0.05) is 0 Å². The molecule has 0 aliphatic carbocycles. The summed E-state index contributed by atoms with van der Waals surface area (Å²) in [7, 11) is 0. The summed E-state index contributed by atoms with van der Waals surface area (Å²) < 4.78 is 0. The first kappa shape index (κ1) is 9.60. The third-order valence-electron chi connectivity index (χ3n) is 1.66. The normalized spacial score (nSPS) is 12.4. The molecule has 0 saturated carbocycles. The van der Waals surface area contributed by atoms with E-state index in [2.05, 4.69) is 15.3 Å². The van der Waals surface area contributed by atoms with Crippen LogP contribution < -0.4 is 11.1 Å². The molecule has 5 nitrogen and oxygen atoms in total. The van der Waals surface area contributed by atoms with Gasteiger partial charge in [0, 0.05) is 12.7 Å². The van der Waals surface area contributed by atoms with Gasteiger partial charge >= 0.3 is 0 Å². The molecule has 0 saturated heterocycles. The molecular weight excluding hydrogens is 168 g/mol. The Hall–Kier alpha value is -1.49. The van der Waals surface area contributed by atoms with Crippen LogP contribution in [0.3, 0.4) is 0 Å². The lowest BCUT2D eigenvalue weighted by molar-refractivity contribution is -0.119. The molecule has 3 N–H and O–H groups in total. The van der Waals surface area contributed by atoms with Gasteiger partial charge in [0.1, 0.15) is 6.33 Å². The lowest BCUT2D eigenvalue weighted by Gasteiger charge is -2.08. The maximum atomic E-state index is 10.6. The van der Waals surface area contributed by atoms with E-state index in [0.29, 0.717) is 6.54 Å². The Bertz CT molecular complexity index is 275. The summed E-state index contributed by atoms with van der Waals surface area (Å²) in [5.74, 6) is -0.367. The van der Waals surface area contributed by atoms with E-state index >= 15 is 0 Å². The van der Waals surface area contributed by atoms with Gasteiger partial charge in [-0.2, -0.15) is 0 Å². The number of rotatable bonds is 4. The molecule has 13 heavy (non-hydrogen) atoms. The largest absolute Gasteiger partial charge is 0.368 e. The zero-order valence-electron chi connectivity index (χ0n) is 7.40. The van der Waals surface area contributed by atoms with Crippen LogP contribution >= 0.6 is 0 Å². The number of amides is 1. The zero-order chi connectivity index (χ0) is 9.68. The molecule has 0 aliphatic rings. The highest BCUT2D eigenvalue weighted by Crippen LogP contribution is 1.90. The number of nitrogens with two attached hydrogens (primary N) is 1. The molecule has 1 unspecified atom stereocenters. The molecule has 0 spiro atoms. The van der Waals surface area contributed by atoms with Crippen LogP contribution in [-0.4, -0.2) is 21.9 Å². The van der Waals surface area contributed by atoms with Crippen LogP contribution in [0.4, 0.5) is 0 Å². The Kier molecular flexibility index (Phi) is 3.33. The van der Waals surface area contributed by atoms with Crippen LogP contribution in [0.5, 0.6) is 0 Å². The number of hydrogen-bond acceptors (Lipinski definition) is 4. The van der Waals surface area contributed by atoms with Crippen molar-refractivity contribution in [3.8, 4) is 0 Å². The highest BCUT2D eigenvalue weighted by atomic mass is 16.1. The standard InChI is InChI=1S/C8H12N4O/c1-6(8(9)13)11-4-7-2-3-10-5-12-7/h2-3,5-6,11H,4H2,1H3,(H2,9,13). The zero-order valence-corrected chi connectivity index (χ0v) is 7.40. The van der Waals surface area contributed by atoms with E-state index in [4.69, 9.17) is 5.73 Å². The van der Waals surface area contributed by atoms with Crippen molar-refractivity contribution in [3.05, 3.63) is 24.3 Å². The topological polar surface area (TPSA) is 80.9 Å². The maximum Gasteiger partial charge on any atom is 0.234 e. The van der Waals surface area contributed by atoms with Gasteiger partial charge in [0.2, 0.25) is 5.91 Å². The van der Waals surface area contributed by atoms with E-state index in [-0.39, 0.29) is 11.9 Å². The number of nitrogens with zero attached hydrogens (tertiary/aromatic N) is 2. The smallest absolute Gasteiger partial charge is 0.234 e. The van der Waals surface area contributed by atoms with Crippen LogP contribution in [0.1, 0.15) is 12.6 Å². The van der Waals surface area contributed by atoms with E-state index in [1.807, 2.05) is 0 Å². The molecule has 70 valence electrons. The summed E-state index contributed by atoms with van der Waals surface area (Å²) in [6.45, 7) is 2.23. The summed E-state index contributed by atoms with van der Waals surface area (Å²) in [6, 6.07) is 1.44. The predicted octanol–water partition coefficient (Wildman–Crippen LogP) is -0.560. The van der Waals surface area contributed by atoms with E-state index in [1.165, 1.54) is 6.33 Å². The van der Waals surface area contributed by atoms with Crippen LogP contribution in [0.2, 0.25) is 0 Å². The summed E-state index contributed by atoms with van der Waals surface area (Å²) in [6.07, 6.45) is 3.12. The van der Waals surface area contributed by atoms with Gasteiger partial charge in [-0.3, -0.25) is 4.79 Å². The Morgan fingerprint density at radius 1 is 1.77 bits per heavy atom. The van der Waals surface area contributed by atoms with Gasteiger partial charge in [0.15, 0.2) is 0 Å². The first-order valence-corrected chi connectivity index (χ1v) is 3.97. The Labute approximate surface area is 76.4 Å². The van der Waals surface area contributed by atoms with Gasteiger partial charge in [-0.25, -0.2) is 9.97 Å². The summed E-state index contributed by atoms with van der Waals surface area (Å²) in [5.41, 5.74) is 5.90. The summed E-state index contributed by atoms with van der Waals surface area (Å²) in [5, 5.41) is 2.93. The van der Waals surface area contributed by atoms with Crippen LogP contribution in [0.15, 0.2) is 18.6 Å². The van der Waals surface area contributed by atoms with Gasteiger partial charge in [-0.15, -0.1) is 0 Å². The monoisotopic (exact) mass is 180 g/mol. The number of nitrogens with one attached hydrogen (secondary N) is 1. The van der Waals surface area contributed by atoms with Crippen molar-refractivity contribution in [2.24, 2.45) is 5.73 Å². The third kappa shape index (κ3) is 3.16. The summed E-state index contributed by atoms with van der Waals surface area (Å²) >= 11 is 0. The van der Waals surface area contributed by atoms with Crippen molar-refractivity contribution in [2.75, 3.05) is 0 Å². The Morgan fingerprint density at radius 3 is 3.08 bits per heavy atom. The third-order valence-corrected chi connectivity index (χ3v) is 1.66. The van der Waals surface area contributed by atoms with E-state index < -0.39 is 0 Å². The van der Waals surface area contributed by atoms with Gasteiger partial charge in [-0.05, 0) is 13.0 Å². The fraction of sp³-hybridized carbons (Fsp3) is 0.375. The van der Waals surface area contributed by atoms with E-state index in [9.17, 15) is 4.79 Å². The number of hydrogen-bond donors (Lipinski definition) is 2. The lowest BCUT2D eigenvalue weighted by Crippen LogP contribution is -2.38. The molecule has 1 amide bonds. The minimum Gasteiger partial charge on any atom is -0.368 e. The molecule has 0 bridgehead atoms. The molecule has 0 aliphatic heterocycles. The quantitative estimate of drug-likeness (QED) is 0.650. The van der Waals surface area contributed by atoms with Crippen molar-refractivity contribution in [3.63, 3.8) is 0 Å². The molecule has 0 aromatic carbocycles. The second-order valence-corrected chi connectivity index (χ2v) is 2.71. The fourth-order valence-electron chi connectivity index (χ4n) is 0.781. The number of carbonyl (C=O) groups is 1. The minimum absolute atomic E-state index is 0.338. The Balaban J connectivity index is 2.39. The summed E-state index contributed by atoms with van der Waals surface area (Å²) in [4.78, 5) is 18.4. The molecule has 1 rings (SSSR count). The molecule has 5 heteroatoms. The van der Waals surface area contributed by atoms with Crippen molar-refractivity contribution >= 4 is 5.91 Å². The highest BCUT2D eigenvalue weighted by molar-refractivity contribution is 5.79. The molecule has 0 fully saturated rings. The lowest BCUT2D eigenvalue weighted by atomic mass is 10.3. The average molecular weight is 180 g/mol. The maximum absolute atomic E-state index is 10.6. The first-order valence-electron chi connectivity index (χ1n) is 3.97. The van der Waals surface area contributed by atoms with Crippen LogP contribution in [-0.2, 0) is 11.3 Å². The van der Waals surface area contributed by atoms with Crippen molar-refractivity contribution in [2.45, 2.75) is 19.5 Å². The number of aromatic nitrogens is 2. The first-order chi connectivity index (χ1) is 6.20. The fourth-order valence-corrected chi connectivity index (χ4v) is 0.781.